The first-order valence-electron chi connectivity index (χ1n) is 14.4. The van der Waals surface area contributed by atoms with Crippen LogP contribution in [0.25, 0.3) is 0 Å². The first-order valence-corrected chi connectivity index (χ1v) is 14.4. The number of nitrogens with zero attached hydrogens (tertiary/aromatic N) is 2. The highest BCUT2D eigenvalue weighted by atomic mass is 16.5. The summed E-state index contributed by atoms with van der Waals surface area (Å²) >= 11 is 0. The summed E-state index contributed by atoms with van der Waals surface area (Å²) in [5, 5.41) is 0. The van der Waals surface area contributed by atoms with Gasteiger partial charge in [0.15, 0.2) is 11.5 Å². The predicted octanol–water partition coefficient (Wildman–Crippen LogP) is 4.87. The number of aromatic nitrogens is 1. The SMILES string of the molecule is COc1cc(C(=O)C(=O)N2CCCC[C@H]2C(=O)OC2CCCc3c(OCc4ccncc4)cccc32)cc(OC)c1OC. The molecule has 0 spiro atoms. The third-order valence-electron chi connectivity index (χ3n) is 7.97. The number of ether oxygens (including phenoxy) is 5. The first-order chi connectivity index (χ1) is 20.9. The van der Waals surface area contributed by atoms with E-state index in [9.17, 15) is 14.4 Å². The van der Waals surface area contributed by atoms with Crippen LogP contribution >= 0.6 is 0 Å². The fourth-order valence-corrected chi connectivity index (χ4v) is 5.77. The van der Waals surface area contributed by atoms with Crippen LogP contribution < -0.4 is 18.9 Å². The molecule has 0 saturated carbocycles. The highest BCUT2D eigenvalue weighted by Gasteiger charge is 2.38. The lowest BCUT2D eigenvalue weighted by molar-refractivity contribution is -0.161. The summed E-state index contributed by atoms with van der Waals surface area (Å²) in [6.45, 7) is 0.686. The lowest BCUT2D eigenvalue weighted by Gasteiger charge is -2.35. The molecule has 1 aliphatic carbocycles. The molecule has 0 radical (unpaired) electrons. The molecule has 10 heteroatoms. The molecule has 2 heterocycles. The minimum Gasteiger partial charge on any atom is -0.493 e. The van der Waals surface area contributed by atoms with Crippen LogP contribution in [0, 0.1) is 0 Å². The lowest BCUT2D eigenvalue weighted by atomic mass is 9.88. The zero-order valence-electron chi connectivity index (χ0n) is 24.7. The van der Waals surface area contributed by atoms with E-state index in [1.54, 1.807) is 12.4 Å². The van der Waals surface area contributed by atoms with Crippen molar-refractivity contribution in [2.24, 2.45) is 0 Å². The molecule has 1 fully saturated rings. The van der Waals surface area contributed by atoms with Crippen LogP contribution in [-0.2, 0) is 27.4 Å². The Morgan fingerprint density at radius 1 is 0.884 bits per heavy atom. The normalized spacial score (nSPS) is 17.8. The van der Waals surface area contributed by atoms with E-state index in [1.165, 1.54) is 38.4 Å². The van der Waals surface area contributed by atoms with Gasteiger partial charge in [0.1, 0.15) is 24.5 Å². The molecule has 1 aliphatic heterocycles. The van der Waals surface area contributed by atoms with Gasteiger partial charge < -0.3 is 28.6 Å². The molecule has 43 heavy (non-hydrogen) atoms. The van der Waals surface area contributed by atoms with Gasteiger partial charge in [0.25, 0.3) is 11.7 Å². The van der Waals surface area contributed by atoms with Crippen molar-refractivity contribution in [3.8, 4) is 23.0 Å². The molecular weight excluding hydrogens is 552 g/mol. The van der Waals surface area contributed by atoms with Crippen LogP contribution in [0.2, 0.25) is 0 Å². The van der Waals surface area contributed by atoms with Crippen molar-refractivity contribution in [3.63, 3.8) is 0 Å². The number of rotatable bonds is 10. The van der Waals surface area contributed by atoms with Gasteiger partial charge >= 0.3 is 5.97 Å². The van der Waals surface area contributed by atoms with E-state index >= 15 is 0 Å². The van der Waals surface area contributed by atoms with Gasteiger partial charge in [-0.05, 0) is 80.0 Å². The van der Waals surface area contributed by atoms with E-state index in [-0.39, 0.29) is 23.6 Å². The third kappa shape index (κ3) is 6.43. The molecule has 2 atom stereocenters. The van der Waals surface area contributed by atoms with Crippen molar-refractivity contribution in [1.29, 1.82) is 0 Å². The summed E-state index contributed by atoms with van der Waals surface area (Å²) < 4.78 is 28.2. The number of carbonyl (C=O) groups is 3. The average Bonchev–Trinajstić information content (AvgIpc) is 3.06. The molecule has 3 aromatic rings. The number of amides is 1. The van der Waals surface area contributed by atoms with Crippen LogP contribution in [0.3, 0.4) is 0 Å². The fraction of sp³-hybridized carbons (Fsp3) is 0.394. The highest BCUT2D eigenvalue weighted by Crippen LogP contribution is 2.40. The monoisotopic (exact) mass is 588 g/mol. The lowest BCUT2D eigenvalue weighted by Crippen LogP contribution is -2.51. The van der Waals surface area contributed by atoms with Gasteiger partial charge in [-0.1, -0.05) is 12.1 Å². The minimum absolute atomic E-state index is 0.0812. The maximum Gasteiger partial charge on any atom is 0.329 e. The summed E-state index contributed by atoms with van der Waals surface area (Å²) in [6, 6.07) is 11.6. The molecule has 226 valence electrons. The quantitative estimate of drug-likeness (QED) is 0.186. The van der Waals surface area contributed by atoms with Crippen molar-refractivity contribution >= 4 is 17.7 Å². The molecule has 0 N–H and O–H groups in total. The zero-order chi connectivity index (χ0) is 30.3. The molecule has 2 aliphatic rings. The van der Waals surface area contributed by atoms with Crippen LogP contribution in [-0.4, -0.2) is 61.5 Å². The molecular formula is C33H36N2O8. The average molecular weight is 589 g/mol. The second-order valence-corrected chi connectivity index (χ2v) is 10.5. The molecule has 2 aromatic carbocycles. The number of likely N-dealkylation sites (tertiary alicyclic amines) is 1. The van der Waals surface area contributed by atoms with E-state index in [4.69, 9.17) is 23.7 Å². The number of ketones is 1. The Hall–Kier alpha value is -4.60. The Bertz CT molecular complexity index is 1450. The van der Waals surface area contributed by atoms with E-state index in [0.717, 1.165) is 41.7 Å². The number of fused-ring (bicyclic) bond motifs is 1. The summed E-state index contributed by atoms with van der Waals surface area (Å²) in [5.41, 5.74) is 3.02. The Morgan fingerprint density at radius 3 is 2.33 bits per heavy atom. The number of carbonyl (C=O) groups excluding carboxylic acids is 3. The number of hydrogen-bond acceptors (Lipinski definition) is 9. The number of esters is 1. The fourth-order valence-electron chi connectivity index (χ4n) is 5.77. The molecule has 1 unspecified atom stereocenters. The van der Waals surface area contributed by atoms with Crippen molar-refractivity contribution in [2.75, 3.05) is 27.9 Å². The van der Waals surface area contributed by atoms with Gasteiger partial charge in [-0.3, -0.25) is 14.6 Å². The van der Waals surface area contributed by atoms with E-state index < -0.39 is 29.8 Å². The Labute approximate surface area is 250 Å². The first kappa shape index (κ1) is 29.9. The Morgan fingerprint density at radius 2 is 1.63 bits per heavy atom. The molecule has 1 amide bonds. The Kier molecular flexibility index (Phi) is 9.44. The maximum absolute atomic E-state index is 13.6. The summed E-state index contributed by atoms with van der Waals surface area (Å²) in [4.78, 5) is 45.9. The third-order valence-corrected chi connectivity index (χ3v) is 7.97. The number of methoxy groups -OCH3 is 3. The molecule has 0 bridgehead atoms. The van der Waals surface area contributed by atoms with Gasteiger partial charge in [-0.25, -0.2) is 4.79 Å². The Balaban J connectivity index is 1.32. The molecule has 10 nitrogen and oxygen atoms in total. The van der Waals surface area contributed by atoms with Crippen LogP contribution in [0.5, 0.6) is 23.0 Å². The number of piperidine rings is 1. The second-order valence-electron chi connectivity index (χ2n) is 10.5. The van der Waals surface area contributed by atoms with Gasteiger partial charge in [-0.2, -0.15) is 0 Å². The summed E-state index contributed by atoms with van der Waals surface area (Å²) in [5.74, 6) is -0.454. The van der Waals surface area contributed by atoms with Crippen LogP contribution in [0.4, 0.5) is 0 Å². The van der Waals surface area contributed by atoms with E-state index in [1.807, 2.05) is 30.3 Å². The van der Waals surface area contributed by atoms with Crippen molar-refractivity contribution in [3.05, 3.63) is 77.1 Å². The zero-order valence-corrected chi connectivity index (χ0v) is 24.7. The topological polar surface area (TPSA) is 113 Å². The van der Waals surface area contributed by atoms with E-state index in [2.05, 4.69) is 4.98 Å². The van der Waals surface area contributed by atoms with Gasteiger partial charge in [0.2, 0.25) is 5.75 Å². The number of hydrogen-bond donors (Lipinski definition) is 0. The standard InChI is InChI=1S/C33H36N2O8/c1-39-28-18-22(19-29(40-2)31(28)41-3)30(36)32(37)35-17-5-4-10-25(35)33(38)43-27-12-7-8-23-24(27)9-6-11-26(23)42-20-21-13-15-34-16-14-21/h6,9,11,13-16,18-19,25,27H,4-5,7-8,10,12,17,20H2,1-3H3/t25-,27?/m0/s1. The maximum atomic E-state index is 13.6. The number of Topliss-reactive ketones (excluding diaryl/α,β-unsaturated/α-hetero) is 1. The molecule has 1 aromatic heterocycles. The minimum atomic E-state index is -0.858. The number of pyridine rings is 1. The van der Waals surface area contributed by atoms with Crippen molar-refractivity contribution in [1.82, 2.24) is 9.88 Å². The van der Waals surface area contributed by atoms with Gasteiger partial charge in [0.05, 0.1) is 21.3 Å². The predicted molar refractivity (Wildman–Crippen MR) is 157 cm³/mol. The van der Waals surface area contributed by atoms with Crippen molar-refractivity contribution in [2.45, 2.75) is 57.3 Å². The highest BCUT2D eigenvalue weighted by molar-refractivity contribution is 6.43. The van der Waals surface area contributed by atoms with Crippen LogP contribution in [0.15, 0.2) is 54.9 Å². The molecule has 5 rings (SSSR count). The largest absolute Gasteiger partial charge is 0.493 e. The van der Waals surface area contributed by atoms with Crippen molar-refractivity contribution < 1.29 is 38.1 Å². The number of benzene rings is 2. The summed E-state index contributed by atoms with van der Waals surface area (Å²) in [6.07, 6.45) is 7.14. The smallest absolute Gasteiger partial charge is 0.329 e. The second kappa shape index (κ2) is 13.6. The van der Waals surface area contributed by atoms with Gasteiger partial charge in [0, 0.05) is 30.1 Å². The molecule has 1 saturated heterocycles. The van der Waals surface area contributed by atoms with Crippen LogP contribution in [0.1, 0.15) is 65.3 Å². The summed E-state index contributed by atoms with van der Waals surface area (Å²) in [7, 11) is 4.32. The van der Waals surface area contributed by atoms with E-state index in [0.29, 0.717) is 31.6 Å². The van der Waals surface area contributed by atoms with Gasteiger partial charge in [-0.15, -0.1) is 0 Å².